The molecular formula is C22H27NO. The predicted molar refractivity (Wildman–Crippen MR) is 97.5 cm³/mol. The first-order valence-corrected chi connectivity index (χ1v) is 9.21. The summed E-state index contributed by atoms with van der Waals surface area (Å²) in [6, 6.07) is 22.1. The van der Waals surface area contributed by atoms with E-state index in [9.17, 15) is 0 Å². The third kappa shape index (κ3) is 3.26. The van der Waals surface area contributed by atoms with E-state index in [4.69, 9.17) is 4.74 Å². The Morgan fingerprint density at radius 1 is 0.917 bits per heavy atom. The first kappa shape index (κ1) is 15.9. The van der Waals surface area contributed by atoms with Gasteiger partial charge < -0.3 is 4.74 Å². The van der Waals surface area contributed by atoms with E-state index < -0.39 is 0 Å². The van der Waals surface area contributed by atoms with Gasteiger partial charge in [0, 0.05) is 18.5 Å². The Bertz CT molecular complexity index is 642. The minimum atomic E-state index is 0.452. The second-order valence-corrected chi connectivity index (χ2v) is 7.47. The topological polar surface area (TPSA) is 12.5 Å². The van der Waals surface area contributed by atoms with Gasteiger partial charge in [0.1, 0.15) is 0 Å². The summed E-state index contributed by atoms with van der Waals surface area (Å²) < 4.78 is 6.38. The molecule has 2 aromatic rings. The quantitative estimate of drug-likeness (QED) is 0.776. The third-order valence-electron chi connectivity index (χ3n) is 5.92. The van der Waals surface area contributed by atoms with E-state index in [1.165, 1.54) is 30.4 Å². The largest absolute Gasteiger partial charge is 0.373 e. The van der Waals surface area contributed by atoms with Crippen molar-refractivity contribution in [1.82, 2.24) is 4.90 Å². The zero-order valence-corrected chi connectivity index (χ0v) is 14.5. The van der Waals surface area contributed by atoms with Crippen molar-refractivity contribution in [2.75, 3.05) is 7.05 Å². The molecule has 2 saturated carbocycles. The molecule has 2 aliphatic rings. The summed E-state index contributed by atoms with van der Waals surface area (Å²) in [5.41, 5.74) is 2.70. The lowest BCUT2D eigenvalue weighted by Gasteiger charge is -2.31. The standard InChI is InChI=1S/C22H27NO/c1-23(15-17-8-4-2-5-9-17)21-14-19-12-13-20(21)22(19)24-16-18-10-6-3-7-11-18/h2-11,19-22H,12-16H2,1H3. The maximum atomic E-state index is 6.38. The molecule has 0 N–H and O–H groups in total. The second kappa shape index (κ2) is 7.08. The molecule has 2 aliphatic carbocycles. The molecule has 2 nitrogen and oxygen atoms in total. The fraction of sp³-hybridized carbons (Fsp3) is 0.455. The van der Waals surface area contributed by atoms with Gasteiger partial charge in [0.25, 0.3) is 0 Å². The van der Waals surface area contributed by atoms with Crippen molar-refractivity contribution < 1.29 is 4.74 Å². The summed E-state index contributed by atoms with van der Waals surface area (Å²) in [5.74, 6) is 1.45. The van der Waals surface area contributed by atoms with Crippen LogP contribution >= 0.6 is 0 Å². The Labute approximate surface area is 145 Å². The van der Waals surface area contributed by atoms with Crippen molar-refractivity contribution in [2.24, 2.45) is 11.8 Å². The van der Waals surface area contributed by atoms with Crippen molar-refractivity contribution in [3.63, 3.8) is 0 Å². The average molecular weight is 321 g/mol. The molecule has 2 fully saturated rings. The van der Waals surface area contributed by atoms with Crippen molar-refractivity contribution in [3.8, 4) is 0 Å². The number of hydrogen-bond donors (Lipinski definition) is 0. The molecule has 4 rings (SSSR count). The zero-order valence-electron chi connectivity index (χ0n) is 14.5. The molecule has 126 valence electrons. The first-order chi connectivity index (χ1) is 11.8. The Morgan fingerprint density at radius 3 is 2.29 bits per heavy atom. The molecule has 4 atom stereocenters. The monoisotopic (exact) mass is 321 g/mol. The fourth-order valence-electron chi connectivity index (χ4n) is 4.75. The van der Waals surface area contributed by atoms with Crippen LogP contribution in [0.4, 0.5) is 0 Å². The summed E-state index contributed by atoms with van der Waals surface area (Å²) in [7, 11) is 2.28. The van der Waals surface area contributed by atoms with Crippen LogP contribution in [0.5, 0.6) is 0 Å². The lowest BCUT2D eigenvalue weighted by molar-refractivity contribution is 0.00347. The maximum absolute atomic E-state index is 6.38. The summed E-state index contributed by atoms with van der Waals surface area (Å²) in [5, 5.41) is 0. The maximum Gasteiger partial charge on any atom is 0.0720 e. The molecule has 0 amide bonds. The predicted octanol–water partition coefficient (Wildman–Crippen LogP) is 4.50. The number of benzene rings is 2. The molecule has 0 radical (unpaired) electrons. The van der Waals surface area contributed by atoms with Crippen LogP contribution in [0.15, 0.2) is 60.7 Å². The molecule has 2 bridgehead atoms. The lowest BCUT2D eigenvalue weighted by atomic mass is 9.94. The van der Waals surface area contributed by atoms with Gasteiger partial charge >= 0.3 is 0 Å². The SMILES string of the molecule is CN(Cc1ccccc1)C1CC2CCC1C2OCc1ccccc1. The highest BCUT2D eigenvalue weighted by Gasteiger charge is 2.49. The van der Waals surface area contributed by atoms with Crippen molar-refractivity contribution >= 4 is 0 Å². The van der Waals surface area contributed by atoms with E-state index in [1.807, 2.05) is 0 Å². The number of rotatable bonds is 6. The van der Waals surface area contributed by atoms with Crippen LogP contribution in [0, 0.1) is 11.8 Å². The molecule has 24 heavy (non-hydrogen) atoms. The van der Waals surface area contributed by atoms with E-state index in [0.717, 1.165) is 19.1 Å². The molecule has 0 aromatic heterocycles. The van der Waals surface area contributed by atoms with Crippen LogP contribution in [0.1, 0.15) is 30.4 Å². The van der Waals surface area contributed by atoms with Crippen molar-refractivity contribution in [1.29, 1.82) is 0 Å². The van der Waals surface area contributed by atoms with E-state index in [-0.39, 0.29) is 0 Å². The highest BCUT2D eigenvalue weighted by molar-refractivity contribution is 5.16. The Hall–Kier alpha value is -1.64. The van der Waals surface area contributed by atoms with E-state index in [1.54, 1.807) is 0 Å². The summed E-state index contributed by atoms with van der Waals surface area (Å²) in [6.45, 7) is 1.80. The second-order valence-electron chi connectivity index (χ2n) is 7.47. The molecular weight excluding hydrogens is 294 g/mol. The van der Waals surface area contributed by atoms with Crippen molar-refractivity contribution in [3.05, 3.63) is 71.8 Å². The molecule has 0 saturated heterocycles. The Morgan fingerprint density at radius 2 is 1.58 bits per heavy atom. The molecule has 2 aromatic carbocycles. The summed E-state index contributed by atoms with van der Waals surface area (Å²) in [4.78, 5) is 2.55. The van der Waals surface area contributed by atoms with Gasteiger partial charge in [-0.3, -0.25) is 4.90 Å². The minimum absolute atomic E-state index is 0.452. The fourth-order valence-corrected chi connectivity index (χ4v) is 4.75. The average Bonchev–Trinajstić information content (AvgIpc) is 3.19. The van der Waals surface area contributed by atoms with Crippen LogP contribution in [0.25, 0.3) is 0 Å². The molecule has 0 aliphatic heterocycles. The molecule has 4 unspecified atom stereocenters. The molecule has 0 spiro atoms. The van der Waals surface area contributed by atoms with Gasteiger partial charge in [-0.25, -0.2) is 0 Å². The van der Waals surface area contributed by atoms with Crippen LogP contribution in [-0.4, -0.2) is 24.1 Å². The molecule has 2 heteroatoms. The number of nitrogens with zero attached hydrogens (tertiary/aromatic N) is 1. The zero-order chi connectivity index (χ0) is 16.4. The third-order valence-corrected chi connectivity index (χ3v) is 5.92. The van der Waals surface area contributed by atoms with Gasteiger partial charge in [0.15, 0.2) is 0 Å². The van der Waals surface area contributed by atoms with Crippen LogP contribution in [0.2, 0.25) is 0 Å². The highest BCUT2D eigenvalue weighted by atomic mass is 16.5. The van der Waals surface area contributed by atoms with Gasteiger partial charge in [-0.1, -0.05) is 60.7 Å². The molecule has 0 heterocycles. The summed E-state index contributed by atoms with van der Waals surface area (Å²) >= 11 is 0. The van der Waals surface area contributed by atoms with Crippen LogP contribution in [-0.2, 0) is 17.9 Å². The smallest absolute Gasteiger partial charge is 0.0720 e. The van der Waals surface area contributed by atoms with E-state index in [0.29, 0.717) is 18.1 Å². The van der Waals surface area contributed by atoms with Gasteiger partial charge in [0.2, 0.25) is 0 Å². The van der Waals surface area contributed by atoms with E-state index >= 15 is 0 Å². The van der Waals surface area contributed by atoms with Crippen molar-refractivity contribution in [2.45, 2.75) is 44.6 Å². The number of hydrogen-bond acceptors (Lipinski definition) is 2. The highest BCUT2D eigenvalue weighted by Crippen LogP contribution is 2.48. The van der Waals surface area contributed by atoms with Gasteiger partial charge in [-0.05, 0) is 43.4 Å². The van der Waals surface area contributed by atoms with Crippen LogP contribution in [0.3, 0.4) is 0 Å². The number of ether oxygens (including phenoxy) is 1. The normalized spacial score (nSPS) is 28.6. The first-order valence-electron chi connectivity index (χ1n) is 9.21. The summed E-state index contributed by atoms with van der Waals surface area (Å²) in [6.07, 6.45) is 4.43. The van der Waals surface area contributed by atoms with E-state index in [2.05, 4.69) is 72.6 Å². The Kier molecular flexibility index (Phi) is 4.68. The Balaban J connectivity index is 1.37. The lowest BCUT2D eigenvalue weighted by Crippen LogP contribution is -2.37. The van der Waals surface area contributed by atoms with Gasteiger partial charge in [-0.15, -0.1) is 0 Å². The van der Waals surface area contributed by atoms with Gasteiger partial charge in [0.05, 0.1) is 12.7 Å². The van der Waals surface area contributed by atoms with Crippen LogP contribution < -0.4 is 0 Å². The van der Waals surface area contributed by atoms with Gasteiger partial charge in [-0.2, -0.15) is 0 Å². The minimum Gasteiger partial charge on any atom is -0.373 e. The number of fused-ring (bicyclic) bond motifs is 2.